The molecule has 0 fully saturated rings. The summed E-state index contributed by atoms with van der Waals surface area (Å²) in [4.78, 5) is 11.5. The number of hydroxylamine groups is 1. The molecule has 0 aliphatic rings. The quantitative estimate of drug-likeness (QED) is 0.525. The Morgan fingerprint density at radius 3 is 2.71 bits per heavy atom. The van der Waals surface area contributed by atoms with Gasteiger partial charge in [0.1, 0.15) is 6.04 Å². The second kappa shape index (κ2) is 6.91. The van der Waals surface area contributed by atoms with E-state index in [1.54, 1.807) is 5.48 Å². The summed E-state index contributed by atoms with van der Waals surface area (Å²) in [6.45, 7) is 4.05. The van der Waals surface area contributed by atoms with E-state index in [2.05, 4.69) is 12.2 Å². The molecule has 0 bridgehead atoms. The molecule has 17 heavy (non-hydrogen) atoms. The van der Waals surface area contributed by atoms with Crippen molar-refractivity contribution in [3.05, 3.63) is 29.8 Å². The van der Waals surface area contributed by atoms with E-state index in [1.165, 1.54) is 0 Å². The summed E-state index contributed by atoms with van der Waals surface area (Å²) in [5, 5.41) is 11.9. The van der Waals surface area contributed by atoms with Crippen molar-refractivity contribution < 1.29 is 10.0 Å². The number of rotatable bonds is 6. The first kappa shape index (κ1) is 13.5. The molecule has 4 nitrogen and oxygen atoms in total. The minimum Gasteiger partial charge on any atom is -0.373 e. The van der Waals surface area contributed by atoms with Crippen molar-refractivity contribution >= 4 is 11.6 Å². The van der Waals surface area contributed by atoms with Crippen molar-refractivity contribution in [1.29, 1.82) is 0 Å². The van der Waals surface area contributed by atoms with Gasteiger partial charge < -0.3 is 5.32 Å². The van der Waals surface area contributed by atoms with E-state index in [-0.39, 0.29) is 11.9 Å². The summed E-state index contributed by atoms with van der Waals surface area (Å²) in [5.41, 5.74) is 3.72. The molecule has 0 radical (unpaired) electrons. The zero-order valence-corrected chi connectivity index (χ0v) is 10.4. The molecule has 1 aromatic carbocycles. The minimum absolute atomic E-state index is 0.387. The molecule has 0 saturated carbocycles. The Morgan fingerprint density at radius 1 is 1.41 bits per heavy atom. The van der Waals surface area contributed by atoms with Gasteiger partial charge in [-0.3, -0.25) is 10.0 Å². The third-order valence-corrected chi connectivity index (χ3v) is 2.75. The highest BCUT2D eigenvalue weighted by molar-refractivity contribution is 5.83. The van der Waals surface area contributed by atoms with Crippen LogP contribution in [0.25, 0.3) is 0 Å². The highest BCUT2D eigenvalue weighted by Crippen LogP contribution is 2.16. The minimum atomic E-state index is -0.388. The number of benzene rings is 1. The molecule has 1 rings (SSSR count). The molecular weight excluding hydrogens is 216 g/mol. The predicted molar refractivity (Wildman–Crippen MR) is 68.0 cm³/mol. The fourth-order valence-corrected chi connectivity index (χ4v) is 1.68. The van der Waals surface area contributed by atoms with Gasteiger partial charge in [0.25, 0.3) is 5.91 Å². The number of aryl methyl sites for hydroxylation is 1. The lowest BCUT2D eigenvalue weighted by Crippen LogP contribution is -2.38. The Labute approximate surface area is 102 Å². The molecule has 1 unspecified atom stereocenters. The van der Waals surface area contributed by atoms with Gasteiger partial charge in [0.2, 0.25) is 0 Å². The van der Waals surface area contributed by atoms with Gasteiger partial charge in [-0.15, -0.1) is 0 Å². The van der Waals surface area contributed by atoms with Crippen molar-refractivity contribution in [3.63, 3.8) is 0 Å². The Hall–Kier alpha value is -1.55. The normalized spacial score (nSPS) is 11.9. The van der Waals surface area contributed by atoms with Crippen LogP contribution in [0, 0.1) is 6.92 Å². The molecule has 0 aliphatic carbocycles. The van der Waals surface area contributed by atoms with Crippen LogP contribution in [0.5, 0.6) is 0 Å². The topological polar surface area (TPSA) is 61.4 Å². The Morgan fingerprint density at radius 2 is 2.12 bits per heavy atom. The molecule has 0 aromatic heterocycles. The monoisotopic (exact) mass is 236 g/mol. The summed E-state index contributed by atoms with van der Waals surface area (Å²) >= 11 is 0. The van der Waals surface area contributed by atoms with Gasteiger partial charge in [0, 0.05) is 5.69 Å². The fourth-order valence-electron chi connectivity index (χ4n) is 1.68. The largest absolute Gasteiger partial charge is 0.373 e. The van der Waals surface area contributed by atoms with Crippen LogP contribution in [0.2, 0.25) is 0 Å². The highest BCUT2D eigenvalue weighted by atomic mass is 16.5. The summed E-state index contributed by atoms with van der Waals surface area (Å²) in [6, 6.07) is 7.40. The van der Waals surface area contributed by atoms with E-state index in [9.17, 15) is 4.79 Å². The number of para-hydroxylation sites is 1. The van der Waals surface area contributed by atoms with Gasteiger partial charge in [0.05, 0.1) is 0 Å². The van der Waals surface area contributed by atoms with Gasteiger partial charge in [-0.1, -0.05) is 38.0 Å². The van der Waals surface area contributed by atoms with E-state index in [0.29, 0.717) is 6.42 Å². The van der Waals surface area contributed by atoms with Crippen LogP contribution < -0.4 is 10.8 Å². The van der Waals surface area contributed by atoms with Crippen LogP contribution >= 0.6 is 0 Å². The number of carbonyl (C=O) groups excluding carboxylic acids is 1. The zero-order valence-electron chi connectivity index (χ0n) is 10.4. The third kappa shape index (κ3) is 4.07. The molecule has 0 heterocycles. The van der Waals surface area contributed by atoms with Gasteiger partial charge in [-0.25, -0.2) is 5.48 Å². The number of hydrogen-bond donors (Lipinski definition) is 3. The van der Waals surface area contributed by atoms with Crippen molar-refractivity contribution in [2.45, 2.75) is 39.2 Å². The van der Waals surface area contributed by atoms with Crippen LogP contribution in [-0.4, -0.2) is 17.2 Å². The maximum Gasteiger partial charge on any atom is 0.265 e. The summed E-state index contributed by atoms with van der Waals surface area (Å²) < 4.78 is 0. The zero-order chi connectivity index (χ0) is 12.7. The molecule has 0 spiro atoms. The lowest BCUT2D eigenvalue weighted by Gasteiger charge is -2.18. The van der Waals surface area contributed by atoms with Crippen LogP contribution in [0.15, 0.2) is 24.3 Å². The maximum atomic E-state index is 11.5. The molecule has 3 N–H and O–H groups in total. The second-order valence-corrected chi connectivity index (χ2v) is 4.13. The van der Waals surface area contributed by atoms with Gasteiger partial charge >= 0.3 is 0 Å². The molecular formula is C13H20N2O2. The second-order valence-electron chi connectivity index (χ2n) is 4.13. The number of hydrogen-bond acceptors (Lipinski definition) is 3. The van der Waals surface area contributed by atoms with E-state index < -0.39 is 0 Å². The Kier molecular flexibility index (Phi) is 5.49. The smallest absolute Gasteiger partial charge is 0.265 e. The van der Waals surface area contributed by atoms with Crippen molar-refractivity contribution in [1.82, 2.24) is 5.48 Å². The van der Waals surface area contributed by atoms with Crippen LogP contribution in [0.3, 0.4) is 0 Å². The molecule has 1 atom stereocenters. The summed E-state index contributed by atoms with van der Waals surface area (Å²) in [6.07, 6.45) is 2.67. The molecule has 0 aliphatic heterocycles. The maximum absolute atomic E-state index is 11.5. The SMILES string of the molecule is CCCCC(Nc1ccccc1C)C(=O)NO. The molecule has 4 heteroatoms. The highest BCUT2D eigenvalue weighted by Gasteiger charge is 2.17. The van der Waals surface area contributed by atoms with Gasteiger partial charge in [0.15, 0.2) is 0 Å². The molecule has 94 valence electrons. The molecule has 1 aromatic rings. The Bertz CT molecular complexity index is 366. The summed E-state index contributed by atoms with van der Waals surface area (Å²) in [5.74, 6) is -0.387. The third-order valence-electron chi connectivity index (χ3n) is 2.75. The van der Waals surface area contributed by atoms with Crippen LogP contribution in [-0.2, 0) is 4.79 Å². The average Bonchev–Trinajstić information content (AvgIpc) is 2.35. The first-order valence-corrected chi connectivity index (χ1v) is 5.95. The number of amides is 1. The predicted octanol–water partition coefficient (Wildman–Crippen LogP) is 2.47. The lowest BCUT2D eigenvalue weighted by molar-refractivity contribution is -0.130. The van der Waals surface area contributed by atoms with E-state index in [0.717, 1.165) is 24.1 Å². The first-order valence-electron chi connectivity index (χ1n) is 5.95. The van der Waals surface area contributed by atoms with Crippen molar-refractivity contribution in [2.75, 3.05) is 5.32 Å². The standard InChI is InChI=1S/C13H20N2O2/c1-3-4-8-12(13(16)15-17)14-11-9-6-5-7-10(11)2/h5-7,9,12,14,17H,3-4,8H2,1-2H3,(H,15,16). The number of unbranched alkanes of at least 4 members (excludes halogenated alkanes) is 1. The van der Waals surface area contributed by atoms with Gasteiger partial charge in [-0.05, 0) is 25.0 Å². The number of carbonyl (C=O) groups is 1. The molecule has 1 amide bonds. The van der Waals surface area contributed by atoms with Crippen LogP contribution in [0.1, 0.15) is 31.7 Å². The Balaban J connectivity index is 2.72. The number of anilines is 1. The fraction of sp³-hybridized carbons (Fsp3) is 0.462. The van der Waals surface area contributed by atoms with Crippen LogP contribution in [0.4, 0.5) is 5.69 Å². The number of nitrogens with one attached hydrogen (secondary N) is 2. The van der Waals surface area contributed by atoms with Crippen molar-refractivity contribution in [2.24, 2.45) is 0 Å². The first-order chi connectivity index (χ1) is 8.19. The van der Waals surface area contributed by atoms with E-state index in [1.807, 2.05) is 31.2 Å². The average molecular weight is 236 g/mol. The van der Waals surface area contributed by atoms with Gasteiger partial charge in [-0.2, -0.15) is 0 Å². The van der Waals surface area contributed by atoms with E-state index >= 15 is 0 Å². The van der Waals surface area contributed by atoms with Crippen molar-refractivity contribution in [3.8, 4) is 0 Å². The lowest BCUT2D eigenvalue weighted by atomic mass is 10.1. The van der Waals surface area contributed by atoms with E-state index in [4.69, 9.17) is 5.21 Å². The summed E-state index contributed by atoms with van der Waals surface area (Å²) in [7, 11) is 0. The molecule has 0 saturated heterocycles.